The first-order chi connectivity index (χ1) is 7.18. The van der Waals surface area contributed by atoms with Crippen LogP contribution in [0.25, 0.3) is 0 Å². The molecular formula is C12H19NO2. The van der Waals surface area contributed by atoms with Crippen molar-refractivity contribution in [3.05, 3.63) is 0 Å². The lowest BCUT2D eigenvalue weighted by molar-refractivity contribution is -0.130. The molecule has 0 aromatic carbocycles. The Bertz CT molecular complexity index is 269. The molecule has 1 unspecified atom stereocenters. The van der Waals surface area contributed by atoms with E-state index in [1.54, 1.807) is 6.92 Å². The minimum atomic E-state index is -0.0283. The van der Waals surface area contributed by atoms with E-state index in [1.807, 2.05) is 4.90 Å². The first kappa shape index (κ1) is 10.7. The summed E-state index contributed by atoms with van der Waals surface area (Å²) in [5, 5.41) is 0. The highest BCUT2D eigenvalue weighted by atomic mass is 16.2. The lowest BCUT2D eigenvalue weighted by Gasteiger charge is -2.31. The predicted octanol–water partition coefficient (Wildman–Crippen LogP) is 1.76. The van der Waals surface area contributed by atoms with E-state index in [0.29, 0.717) is 19.0 Å². The molecule has 0 N–H and O–H groups in total. The smallest absolute Gasteiger partial charge is 0.223 e. The van der Waals surface area contributed by atoms with E-state index in [-0.39, 0.29) is 17.6 Å². The van der Waals surface area contributed by atoms with Gasteiger partial charge in [-0.1, -0.05) is 19.3 Å². The summed E-state index contributed by atoms with van der Waals surface area (Å²) in [5.41, 5.74) is 0. The Morgan fingerprint density at radius 2 is 1.93 bits per heavy atom. The van der Waals surface area contributed by atoms with Crippen molar-refractivity contribution >= 4 is 11.7 Å². The van der Waals surface area contributed by atoms with Crippen LogP contribution in [0.1, 0.15) is 45.4 Å². The molecule has 0 radical (unpaired) electrons. The van der Waals surface area contributed by atoms with E-state index >= 15 is 0 Å². The van der Waals surface area contributed by atoms with E-state index in [9.17, 15) is 9.59 Å². The van der Waals surface area contributed by atoms with E-state index in [4.69, 9.17) is 0 Å². The molecule has 0 aromatic heterocycles. The van der Waals surface area contributed by atoms with Gasteiger partial charge in [-0.2, -0.15) is 0 Å². The second-order valence-corrected chi connectivity index (χ2v) is 4.85. The summed E-state index contributed by atoms with van der Waals surface area (Å²) in [7, 11) is 0. The standard InChI is InChI=1S/C12H19NO2/c1-9(14)10-7-12(15)13(8-10)11-5-3-2-4-6-11/h10-11H,2-8H2,1H3. The minimum Gasteiger partial charge on any atom is -0.339 e. The fraction of sp³-hybridized carbons (Fsp3) is 0.833. The normalized spacial score (nSPS) is 28.5. The fourth-order valence-electron chi connectivity index (χ4n) is 2.75. The summed E-state index contributed by atoms with van der Waals surface area (Å²) in [4.78, 5) is 25.0. The van der Waals surface area contributed by atoms with Gasteiger partial charge in [0.15, 0.2) is 0 Å². The van der Waals surface area contributed by atoms with Crippen molar-refractivity contribution in [2.45, 2.75) is 51.5 Å². The largest absolute Gasteiger partial charge is 0.339 e. The van der Waals surface area contributed by atoms with E-state index < -0.39 is 0 Å². The van der Waals surface area contributed by atoms with Gasteiger partial charge in [0.2, 0.25) is 5.91 Å². The molecule has 2 fully saturated rings. The van der Waals surface area contributed by atoms with Gasteiger partial charge in [-0.15, -0.1) is 0 Å². The molecule has 0 bridgehead atoms. The lowest BCUT2D eigenvalue weighted by atomic mass is 9.94. The van der Waals surface area contributed by atoms with Crippen LogP contribution >= 0.6 is 0 Å². The highest BCUT2D eigenvalue weighted by molar-refractivity contribution is 5.89. The van der Waals surface area contributed by atoms with Crippen molar-refractivity contribution in [2.75, 3.05) is 6.54 Å². The topological polar surface area (TPSA) is 37.4 Å². The van der Waals surface area contributed by atoms with Crippen LogP contribution in [0.15, 0.2) is 0 Å². The molecule has 3 heteroatoms. The second kappa shape index (κ2) is 4.33. The summed E-state index contributed by atoms with van der Waals surface area (Å²) >= 11 is 0. The van der Waals surface area contributed by atoms with Crippen molar-refractivity contribution in [3.63, 3.8) is 0 Å². The van der Waals surface area contributed by atoms with Crippen molar-refractivity contribution in [3.8, 4) is 0 Å². The number of rotatable bonds is 2. The molecule has 0 spiro atoms. The van der Waals surface area contributed by atoms with Crippen LogP contribution in [0.4, 0.5) is 0 Å². The SMILES string of the molecule is CC(=O)C1CC(=O)N(C2CCCCC2)C1. The van der Waals surface area contributed by atoms with E-state index in [1.165, 1.54) is 19.3 Å². The fourth-order valence-corrected chi connectivity index (χ4v) is 2.75. The molecule has 1 amide bonds. The summed E-state index contributed by atoms with van der Waals surface area (Å²) < 4.78 is 0. The monoisotopic (exact) mass is 209 g/mol. The number of carbonyl (C=O) groups is 2. The number of hydrogen-bond donors (Lipinski definition) is 0. The van der Waals surface area contributed by atoms with Crippen LogP contribution in [0.3, 0.4) is 0 Å². The molecule has 2 aliphatic rings. The molecule has 1 aliphatic heterocycles. The molecule has 1 saturated carbocycles. The van der Waals surface area contributed by atoms with Gasteiger partial charge in [0.1, 0.15) is 5.78 Å². The lowest BCUT2D eigenvalue weighted by Crippen LogP contribution is -2.38. The van der Waals surface area contributed by atoms with Gasteiger partial charge in [-0.3, -0.25) is 9.59 Å². The molecule has 84 valence electrons. The van der Waals surface area contributed by atoms with Crippen molar-refractivity contribution < 1.29 is 9.59 Å². The Hall–Kier alpha value is -0.860. The van der Waals surface area contributed by atoms with Crippen LogP contribution in [0.2, 0.25) is 0 Å². The van der Waals surface area contributed by atoms with Gasteiger partial charge in [0.05, 0.1) is 0 Å². The zero-order valence-electron chi connectivity index (χ0n) is 9.37. The highest BCUT2D eigenvalue weighted by Gasteiger charge is 2.36. The Balaban J connectivity index is 1.97. The van der Waals surface area contributed by atoms with Gasteiger partial charge in [-0.05, 0) is 19.8 Å². The van der Waals surface area contributed by atoms with Crippen LogP contribution in [-0.4, -0.2) is 29.2 Å². The predicted molar refractivity (Wildman–Crippen MR) is 57.4 cm³/mol. The average molecular weight is 209 g/mol. The first-order valence-electron chi connectivity index (χ1n) is 5.98. The Kier molecular flexibility index (Phi) is 3.08. The Morgan fingerprint density at radius 1 is 1.27 bits per heavy atom. The molecule has 15 heavy (non-hydrogen) atoms. The van der Waals surface area contributed by atoms with E-state index in [2.05, 4.69) is 0 Å². The maximum atomic E-state index is 11.8. The number of ketones is 1. The third kappa shape index (κ3) is 2.21. The third-order valence-electron chi connectivity index (χ3n) is 3.75. The van der Waals surface area contributed by atoms with Gasteiger partial charge in [-0.25, -0.2) is 0 Å². The summed E-state index contributed by atoms with van der Waals surface area (Å²) in [5.74, 6) is 0.336. The number of carbonyl (C=O) groups excluding carboxylic acids is 2. The number of hydrogen-bond acceptors (Lipinski definition) is 2. The van der Waals surface area contributed by atoms with Crippen LogP contribution < -0.4 is 0 Å². The van der Waals surface area contributed by atoms with Gasteiger partial charge < -0.3 is 4.90 Å². The average Bonchev–Trinajstić information content (AvgIpc) is 2.62. The molecule has 0 aromatic rings. The number of amides is 1. The quantitative estimate of drug-likeness (QED) is 0.695. The maximum Gasteiger partial charge on any atom is 0.223 e. The molecule has 1 atom stereocenters. The van der Waals surface area contributed by atoms with Gasteiger partial charge >= 0.3 is 0 Å². The number of likely N-dealkylation sites (tertiary alicyclic amines) is 1. The number of nitrogens with zero attached hydrogens (tertiary/aromatic N) is 1. The minimum absolute atomic E-state index is 0.0283. The summed E-state index contributed by atoms with van der Waals surface area (Å²) in [6, 6.07) is 0.426. The van der Waals surface area contributed by atoms with Crippen LogP contribution in [0, 0.1) is 5.92 Å². The molecule has 3 nitrogen and oxygen atoms in total. The summed E-state index contributed by atoms with van der Waals surface area (Å²) in [6.07, 6.45) is 6.49. The third-order valence-corrected chi connectivity index (χ3v) is 3.75. The van der Waals surface area contributed by atoms with Crippen LogP contribution in [0.5, 0.6) is 0 Å². The molecule has 1 heterocycles. The summed E-state index contributed by atoms with van der Waals surface area (Å²) in [6.45, 7) is 2.28. The van der Waals surface area contributed by atoms with Crippen molar-refractivity contribution in [1.29, 1.82) is 0 Å². The van der Waals surface area contributed by atoms with Gasteiger partial charge in [0.25, 0.3) is 0 Å². The van der Waals surface area contributed by atoms with Crippen molar-refractivity contribution in [2.24, 2.45) is 5.92 Å². The maximum absolute atomic E-state index is 11.8. The van der Waals surface area contributed by atoms with Gasteiger partial charge in [0, 0.05) is 24.9 Å². The molecular weight excluding hydrogens is 190 g/mol. The first-order valence-corrected chi connectivity index (χ1v) is 5.98. The van der Waals surface area contributed by atoms with Crippen LogP contribution in [-0.2, 0) is 9.59 Å². The molecule has 1 saturated heterocycles. The zero-order chi connectivity index (χ0) is 10.8. The molecule has 1 aliphatic carbocycles. The highest BCUT2D eigenvalue weighted by Crippen LogP contribution is 2.28. The molecule has 2 rings (SSSR count). The van der Waals surface area contributed by atoms with E-state index in [0.717, 1.165) is 12.8 Å². The zero-order valence-corrected chi connectivity index (χ0v) is 9.37. The Labute approximate surface area is 90.8 Å². The van der Waals surface area contributed by atoms with Crippen molar-refractivity contribution in [1.82, 2.24) is 4.90 Å². The Morgan fingerprint density at radius 3 is 2.47 bits per heavy atom. The number of Topliss-reactive ketones (excluding diaryl/α,β-unsaturated/α-hetero) is 1. The second-order valence-electron chi connectivity index (χ2n) is 4.85.